The molecule has 0 spiro atoms. The van der Waals surface area contributed by atoms with Crippen LogP contribution in [0.15, 0.2) is 42.5 Å². The highest BCUT2D eigenvalue weighted by Gasteiger charge is 2.18. The quantitative estimate of drug-likeness (QED) is 0.544. The van der Waals surface area contributed by atoms with E-state index in [4.69, 9.17) is 27.9 Å². The number of non-ortho nitro benzene ring substituents is 1. The van der Waals surface area contributed by atoms with E-state index in [1.165, 1.54) is 0 Å². The monoisotopic (exact) mass is 395 g/mol. The van der Waals surface area contributed by atoms with Crippen molar-refractivity contribution < 1.29 is 9.66 Å². The van der Waals surface area contributed by atoms with Crippen LogP contribution in [0.5, 0.6) is 5.75 Å². The number of piperazine rings is 1. The van der Waals surface area contributed by atoms with E-state index in [0.29, 0.717) is 22.4 Å². The lowest BCUT2D eigenvalue weighted by molar-refractivity contribution is -0.384. The average molecular weight is 396 g/mol. The van der Waals surface area contributed by atoms with E-state index in [1.54, 1.807) is 42.5 Å². The molecule has 26 heavy (non-hydrogen) atoms. The summed E-state index contributed by atoms with van der Waals surface area (Å²) in [4.78, 5) is 14.9. The summed E-state index contributed by atoms with van der Waals surface area (Å²) >= 11 is 12.0. The fourth-order valence-corrected chi connectivity index (χ4v) is 3.35. The fourth-order valence-electron chi connectivity index (χ4n) is 2.89. The Hall–Kier alpha value is -2.02. The number of hydrogen-bond donors (Lipinski definition) is 0. The van der Waals surface area contributed by atoms with Gasteiger partial charge in [-0.15, -0.1) is 0 Å². The molecule has 138 valence electrons. The SMILES string of the molecule is O=[N+]([O-])c1ccc(N2CCN(CCOc3ccc(Cl)cc3Cl)CC2)cc1. The lowest BCUT2D eigenvalue weighted by atomic mass is 10.2. The van der Waals surface area contributed by atoms with Crippen molar-refractivity contribution in [2.24, 2.45) is 0 Å². The summed E-state index contributed by atoms with van der Waals surface area (Å²) in [6.45, 7) is 4.94. The number of hydrogen-bond acceptors (Lipinski definition) is 5. The van der Waals surface area contributed by atoms with Crippen molar-refractivity contribution in [2.45, 2.75) is 0 Å². The van der Waals surface area contributed by atoms with Gasteiger partial charge in [0, 0.05) is 55.6 Å². The summed E-state index contributed by atoms with van der Waals surface area (Å²) in [6.07, 6.45) is 0. The molecule has 2 aromatic rings. The molecule has 0 bridgehead atoms. The molecule has 1 heterocycles. The number of halogens is 2. The molecule has 0 unspecified atom stereocenters. The van der Waals surface area contributed by atoms with Crippen LogP contribution in [0.1, 0.15) is 0 Å². The lowest BCUT2D eigenvalue weighted by Gasteiger charge is -2.36. The van der Waals surface area contributed by atoms with Crippen LogP contribution in [0.3, 0.4) is 0 Å². The van der Waals surface area contributed by atoms with Gasteiger partial charge < -0.3 is 9.64 Å². The van der Waals surface area contributed by atoms with E-state index < -0.39 is 0 Å². The number of nitro benzene ring substituents is 1. The molecule has 1 aliphatic rings. The van der Waals surface area contributed by atoms with Gasteiger partial charge in [-0.25, -0.2) is 0 Å². The van der Waals surface area contributed by atoms with E-state index in [-0.39, 0.29) is 10.6 Å². The van der Waals surface area contributed by atoms with E-state index in [9.17, 15) is 10.1 Å². The molecule has 1 aliphatic heterocycles. The minimum Gasteiger partial charge on any atom is -0.491 e. The van der Waals surface area contributed by atoms with Gasteiger partial charge in [0.1, 0.15) is 12.4 Å². The third-order valence-corrected chi connectivity index (χ3v) is 4.89. The first-order valence-electron chi connectivity index (χ1n) is 8.32. The maximum Gasteiger partial charge on any atom is 0.269 e. The van der Waals surface area contributed by atoms with Crippen LogP contribution >= 0.6 is 23.2 Å². The minimum absolute atomic E-state index is 0.116. The summed E-state index contributed by atoms with van der Waals surface area (Å²) in [7, 11) is 0. The van der Waals surface area contributed by atoms with Crippen molar-refractivity contribution in [1.29, 1.82) is 0 Å². The zero-order chi connectivity index (χ0) is 18.5. The second-order valence-corrected chi connectivity index (χ2v) is 6.87. The van der Waals surface area contributed by atoms with Crippen LogP contribution in [0.2, 0.25) is 10.0 Å². The summed E-state index contributed by atoms with van der Waals surface area (Å²) in [5.41, 5.74) is 1.13. The predicted molar refractivity (Wildman–Crippen MR) is 104 cm³/mol. The van der Waals surface area contributed by atoms with Crippen LogP contribution in [-0.2, 0) is 0 Å². The van der Waals surface area contributed by atoms with E-state index in [0.717, 1.165) is 38.4 Å². The summed E-state index contributed by atoms with van der Waals surface area (Å²) in [5, 5.41) is 11.8. The van der Waals surface area contributed by atoms with Crippen molar-refractivity contribution in [2.75, 3.05) is 44.2 Å². The largest absolute Gasteiger partial charge is 0.491 e. The van der Waals surface area contributed by atoms with Crippen LogP contribution in [0.25, 0.3) is 0 Å². The Balaban J connectivity index is 1.44. The highest BCUT2D eigenvalue weighted by atomic mass is 35.5. The third kappa shape index (κ3) is 4.78. The first-order chi connectivity index (χ1) is 12.5. The van der Waals surface area contributed by atoms with E-state index >= 15 is 0 Å². The molecule has 8 heteroatoms. The molecule has 6 nitrogen and oxygen atoms in total. The number of ether oxygens (including phenoxy) is 1. The van der Waals surface area contributed by atoms with Crippen molar-refractivity contribution in [3.8, 4) is 5.75 Å². The summed E-state index contributed by atoms with van der Waals surface area (Å²) in [5.74, 6) is 0.639. The fraction of sp³-hybridized carbons (Fsp3) is 0.333. The lowest BCUT2D eigenvalue weighted by Crippen LogP contribution is -2.47. The molecule has 1 fully saturated rings. The smallest absolute Gasteiger partial charge is 0.269 e. The second kappa shape index (κ2) is 8.58. The predicted octanol–water partition coefficient (Wildman–Crippen LogP) is 4.10. The van der Waals surface area contributed by atoms with Crippen LogP contribution < -0.4 is 9.64 Å². The van der Waals surface area contributed by atoms with Crippen LogP contribution in [-0.4, -0.2) is 49.2 Å². The van der Waals surface area contributed by atoms with Gasteiger partial charge in [-0.1, -0.05) is 23.2 Å². The maximum atomic E-state index is 10.7. The Morgan fingerprint density at radius 2 is 1.73 bits per heavy atom. The number of nitrogens with zero attached hydrogens (tertiary/aromatic N) is 3. The first-order valence-corrected chi connectivity index (χ1v) is 9.08. The molecule has 2 aromatic carbocycles. The highest BCUT2D eigenvalue weighted by Crippen LogP contribution is 2.27. The van der Waals surface area contributed by atoms with Gasteiger partial charge >= 0.3 is 0 Å². The molecule has 0 amide bonds. The van der Waals surface area contributed by atoms with Crippen molar-refractivity contribution in [1.82, 2.24) is 4.90 Å². The second-order valence-electron chi connectivity index (χ2n) is 6.03. The molecule has 0 aromatic heterocycles. The van der Waals surface area contributed by atoms with Crippen molar-refractivity contribution in [3.63, 3.8) is 0 Å². The first kappa shape index (κ1) is 18.8. The molecular formula is C18H19Cl2N3O3. The topological polar surface area (TPSA) is 58.9 Å². The van der Waals surface area contributed by atoms with Crippen molar-refractivity contribution >= 4 is 34.6 Å². The average Bonchev–Trinajstić information content (AvgIpc) is 2.64. The molecule has 0 saturated carbocycles. The van der Waals surface area contributed by atoms with Gasteiger partial charge in [-0.3, -0.25) is 15.0 Å². The van der Waals surface area contributed by atoms with Gasteiger partial charge in [0.15, 0.2) is 0 Å². The highest BCUT2D eigenvalue weighted by molar-refractivity contribution is 6.35. The molecule has 1 saturated heterocycles. The number of rotatable bonds is 6. The van der Waals surface area contributed by atoms with Gasteiger partial charge in [0.2, 0.25) is 0 Å². The van der Waals surface area contributed by atoms with Gasteiger partial charge in [-0.2, -0.15) is 0 Å². The number of anilines is 1. The third-order valence-electron chi connectivity index (χ3n) is 4.36. The Morgan fingerprint density at radius 3 is 2.35 bits per heavy atom. The molecule has 3 rings (SSSR count). The van der Waals surface area contributed by atoms with Crippen LogP contribution in [0.4, 0.5) is 11.4 Å². The Bertz CT molecular complexity index is 763. The maximum absolute atomic E-state index is 10.7. The normalized spacial score (nSPS) is 15.1. The van der Waals surface area contributed by atoms with Gasteiger partial charge in [-0.05, 0) is 30.3 Å². The zero-order valence-electron chi connectivity index (χ0n) is 14.1. The standard InChI is InChI=1S/C18H19Cl2N3O3/c19-14-1-6-18(17(20)13-14)26-12-11-21-7-9-22(10-8-21)15-2-4-16(5-3-15)23(24)25/h1-6,13H,7-12H2. The van der Waals surface area contributed by atoms with Crippen LogP contribution in [0, 0.1) is 10.1 Å². The Labute approximate surface area is 162 Å². The summed E-state index contributed by atoms with van der Waals surface area (Å²) < 4.78 is 5.73. The molecular weight excluding hydrogens is 377 g/mol. The van der Waals surface area contributed by atoms with E-state index in [1.807, 2.05) is 0 Å². The van der Waals surface area contributed by atoms with E-state index in [2.05, 4.69) is 9.80 Å². The molecule has 0 radical (unpaired) electrons. The molecule has 0 N–H and O–H groups in total. The Morgan fingerprint density at radius 1 is 1.04 bits per heavy atom. The molecule has 0 atom stereocenters. The van der Waals surface area contributed by atoms with Crippen molar-refractivity contribution in [3.05, 3.63) is 62.6 Å². The molecule has 0 aliphatic carbocycles. The minimum atomic E-state index is -0.380. The zero-order valence-corrected chi connectivity index (χ0v) is 15.6. The number of nitro groups is 1. The number of benzene rings is 2. The van der Waals surface area contributed by atoms with Gasteiger partial charge in [0.05, 0.1) is 9.95 Å². The Kier molecular flexibility index (Phi) is 6.19. The van der Waals surface area contributed by atoms with Gasteiger partial charge in [0.25, 0.3) is 5.69 Å². The summed E-state index contributed by atoms with van der Waals surface area (Å²) in [6, 6.07) is 11.9.